The highest BCUT2D eigenvalue weighted by Gasteiger charge is 2.54. The van der Waals surface area contributed by atoms with Crippen molar-refractivity contribution in [2.75, 3.05) is 31.6 Å². The van der Waals surface area contributed by atoms with Gasteiger partial charge in [-0.05, 0) is 86.6 Å². The summed E-state index contributed by atoms with van der Waals surface area (Å²) in [6.45, 7) is 5.82. The van der Waals surface area contributed by atoms with Crippen molar-refractivity contribution in [3.8, 4) is 11.5 Å². The molecule has 0 aliphatic heterocycles. The molecular formula is C30H38N4O6. The molecule has 2 aromatic carbocycles. The molecule has 3 aliphatic carbocycles. The van der Waals surface area contributed by atoms with Gasteiger partial charge >= 0.3 is 5.69 Å². The lowest BCUT2D eigenvalue weighted by molar-refractivity contribution is -0.394. The van der Waals surface area contributed by atoms with Crippen LogP contribution in [0, 0.1) is 37.5 Å². The minimum absolute atomic E-state index is 0.0114. The van der Waals surface area contributed by atoms with Crippen LogP contribution >= 0.6 is 0 Å². The third kappa shape index (κ3) is 4.93. The molecule has 0 aromatic heterocycles. The number of hydrogen-bond donors (Lipinski definition) is 1. The molecule has 4 unspecified atom stereocenters. The summed E-state index contributed by atoms with van der Waals surface area (Å²) in [5.41, 5.74) is 1.86. The summed E-state index contributed by atoms with van der Waals surface area (Å²) in [6.07, 6.45) is 6.26. The first-order chi connectivity index (χ1) is 19.2. The molecule has 4 atom stereocenters. The maximum Gasteiger partial charge on any atom is 0.318 e. The Balaban J connectivity index is 1.46. The van der Waals surface area contributed by atoms with Crippen LogP contribution in [0.5, 0.6) is 11.5 Å². The van der Waals surface area contributed by atoms with Crippen LogP contribution in [0.25, 0.3) is 0 Å². The van der Waals surface area contributed by atoms with Gasteiger partial charge in [-0.3, -0.25) is 25.0 Å². The summed E-state index contributed by atoms with van der Waals surface area (Å²) in [7, 11) is 1.81. The number of Topliss-reactive ketones (excluding diaryl/α,β-unsaturated/α-hetero) is 1. The van der Waals surface area contributed by atoms with E-state index in [2.05, 4.69) is 18.3 Å². The van der Waals surface area contributed by atoms with Gasteiger partial charge in [0.25, 0.3) is 5.69 Å². The van der Waals surface area contributed by atoms with Gasteiger partial charge in [0.1, 0.15) is 17.2 Å². The molecule has 40 heavy (non-hydrogen) atoms. The summed E-state index contributed by atoms with van der Waals surface area (Å²) in [5, 5.41) is 26.9. The van der Waals surface area contributed by atoms with Crippen molar-refractivity contribution in [1.29, 1.82) is 0 Å². The fourth-order valence-electron chi connectivity index (χ4n) is 7.56. The van der Waals surface area contributed by atoms with Gasteiger partial charge in [0.05, 0.1) is 15.9 Å². The predicted molar refractivity (Wildman–Crippen MR) is 152 cm³/mol. The Morgan fingerprint density at radius 1 is 1.05 bits per heavy atom. The third-order valence-electron chi connectivity index (χ3n) is 9.55. The second kappa shape index (κ2) is 11.2. The minimum Gasteiger partial charge on any atom is -0.450 e. The molecule has 214 valence electrons. The highest BCUT2D eigenvalue weighted by Crippen LogP contribution is 2.59. The van der Waals surface area contributed by atoms with Gasteiger partial charge in [-0.2, -0.15) is 0 Å². The molecule has 2 aromatic rings. The smallest absolute Gasteiger partial charge is 0.318 e. The van der Waals surface area contributed by atoms with Gasteiger partial charge in [0.15, 0.2) is 0 Å². The summed E-state index contributed by atoms with van der Waals surface area (Å²) < 4.78 is 6.13. The largest absolute Gasteiger partial charge is 0.450 e. The van der Waals surface area contributed by atoms with Crippen LogP contribution in [0.2, 0.25) is 0 Å². The molecule has 10 nitrogen and oxygen atoms in total. The lowest BCUT2D eigenvalue weighted by atomic mass is 9.55. The monoisotopic (exact) mass is 550 g/mol. The van der Waals surface area contributed by atoms with E-state index in [-0.39, 0.29) is 16.9 Å². The van der Waals surface area contributed by atoms with Gasteiger partial charge in [-0.25, -0.2) is 0 Å². The van der Waals surface area contributed by atoms with Crippen molar-refractivity contribution in [3.63, 3.8) is 0 Å². The fraction of sp³-hybridized carbons (Fsp3) is 0.567. The van der Waals surface area contributed by atoms with Gasteiger partial charge < -0.3 is 15.0 Å². The summed E-state index contributed by atoms with van der Waals surface area (Å²) in [6, 6.07) is 8.35. The standard InChI is InChI=1S/C30H38N4O6/c1-4-14-32(15-13-31-3)25-18-28(27(34(38)39)17-26(25)33(36)37)40-20-6-8-21-19(16-20)5-7-23-22(21)11-12-30(2)24(23)9-10-29(30)35/h6,8,16-18,22-24,31H,4-5,7,9-15H2,1-3H3. The lowest BCUT2D eigenvalue weighted by Gasteiger charge is -2.48. The number of ketones is 1. The number of nitrogens with one attached hydrogen (secondary N) is 1. The average Bonchev–Trinajstić information content (AvgIpc) is 3.24. The van der Waals surface area contributed by atoms with Crippen LogP contribution in [0.15, 0.2) is 30.3 Å². The van der Waals surface area contributed by atoms with E-state index in [4.69, 9.17) is 4.74 Å². The minimum atomic E-state index is -0.630. The summed E-state index contributed by atoms with van der Waals surface area (Å²) in [5.74, 6) is 2.26. The van der Waals surface area contributed by atoms with Crippen LogP contribution < -0.4 is 15.0 Å². The predicted octanol–water partition coefficient (Wildman–Crippen LogP) is 6.16. The molecule has 3 aliphatic rings. The van der Waals surface area contributed by atoms with Crippen molar-refractivity contribution in [2.45, 2.75) is 64.7 Å². The van der Waals surface area contributed by atoms with E-state index in [9.17, 15) is 25.0 Å². The van der Waals surface area contributed by atoms with Gasteiger partial charge in [-0.1, -0.05) is 19.9 Å². The molecule has 0 bridgehead atoms. The summed E-state index contributed by atoms with van der Waals surface area (Å²) in [4.78, 5) is 37.2. The Labute approximate surface area is 234 Å². The highest BCUT2D eigenvalue weighted by molar-refractivity contribution is 5.87. The molecule has 2 fully saturated rings. The average molecular weight is 551 g/mol. The zero-order valence-electron chi connectivity index (χ0n) is 23.5. The van der Waals surface area contributed by atoms with Gasteiger partial charge in [0.2, 0.25) is 5.75 Å². The Bertz CT molecular complexity index is 1330. The highest BCUT2D eigenvalue weighted by atomic mass is 16.6. The third-order valence-corrected chi connectivity index (χ3v) is 9.55. The topological polar surface area (TPSA) is 128 Å². The van der Waals surface area contributed by atoms with E-state index < -0.39 is 15.5 Å². The number of nitro benzene ring substituents is 2. The van der Waals surface area contributed by atoms with E-state index in [1.807, 2.05) is 24.0 Å². The van der Waals surface area contributed by atoms with Crippen molar-refractivity contribution in [3.05, 3.63) is 61.7 Å². The molecular weight excluding hydrogens is 512 g/mol. The van der Waals surface area contributed by atoms with Gasteiger partial charge in [-0.15, -0.1) is 0 Å². The second-order valence-electron chi connectivity index (χ2n) is 11.7. The number of aryl methyl sites for hydroxylation is 1. The van der Waals surface area contributed by atoms with E-state index in [1.54, 1.807) is 7.05 Å². The van der Waals surface area contributed by atoms with E-state index in [0.29, 0.717) is 61.0 Å². The number of nitro groups is 2. The van der Waals surface area contributed by atoms with Crippen molar-refractivity contribution in [1.82, 2.24) is 5.32 Å². The van der Waals surface area contributed by atoms with Crippen LogP contribution in [0.1, 0.15) is 69.4 Å². The first kappa shape index (κ1) is 28.0. The van der Waals surface area contributed by atoms with Crippen LogP contribution in [-0.4, -0.2) is 42.3 Å². The number of nitrogens with zero attached hydrogens (tertiary/aromatic N) is 3. The number of carbonyl (C=O) groups is 1. The number of carbonyl (C=O) groups excluding carboxylic acids is 1. The molecule has 1 N–H and O–H groups in total. The molecule has 0 spiro atoms. The zero-order valence-corrected chi connectivity index (χ0v) is 23.5. The molecule has 0 saturated heterocycles. The molecule has 0 heterocycles. The van der Waals surface area contributed by atoms with Crippen molar-refractivity contribution >= 4 is 22.8 Å². The van der Waals surface area contributed by atoms with E-state index in [0.717, 1.165) is 44.6 Å². The van der Waals surface area contributed by atoms with Crippen LogP contribution in [-0.2, 0) is 11.2 Å². The Kier molecular flexibility index (Phi) is 7.81. The quantitative estimate of drug-likeness (QED) is 0.275. The SMILES string of the molecule is CCCN(CCNC)c1cc(Oc2ccc3c(c2)CCC2C3CCC3(C)C(=O)CCC23)c([N+](=O)[O-])cc1[N+](=O)[O-]. The summed E-state index contributed by atoms with van der Waals surface area (Å²) >= 11 is 0. The van der Waals surface area contributed by atoms with Crippen molar-refractivity contribution < 1.29 is 19.4 Å². The number of hydrogen-bond acceptors (Lipinski definition) is 8. The molecule has 2 saturated carbocycles. The molecule has 0 amide bonds. The number of anilines is 1. The normalized spacial score (nSPS) is 25.1. The number of ether oxygens (including phenoxy) is 1. The fourth-order valence-corrected chi connectivity index (χ4v) is 7.56. The van der Waals surface area contributed by atoms with E-state index in [1.165, 1.54) is 17.2 Å². The second-order valence-corrected chi connectivity index (χ2v) is 11.7. The zero-order chi connectivity index (χ0) is 28.6. The van der Waals surface area contributed by atoms with E-state index >= 15 is 0 Å². The Morgan fingerprint density at radius 2 is 1.82 bits per heavy atom. The molecule has 0 radical (unpaired) electrons. The first-order valence-corrected chi connectivity index (χ1v) is 14.4. The number of fused-ring (bicyclic) bond motifs is 5. The van der Waals surface area contributed by atoms with Crippen LogP contribution in [0.3, 0.4) is 0 Å². The lowest BCUT2D eigenvalue weighted by Crippen LogP contribution is -2.42. The maximum atomic E-state index is 12.6. The van der Waals surface area contributed by atoms with Gasteiger partial charge in [0, 0.05) is 37.5 Å². The Morgan fingerprint density at radius 3 is 2.52 bits per heavy atom. The number of benzene rings is 2. The molecule has 5 rings (SSSR count). The molecule has 10 heteroatoms. The first-order valence-electron chi connectivity index (χ1n) is 14.4. The van der Waals surface area contributed by atoms with Crippen molar-refractivity contribution in [2.24, 2.45) is 17.3 Å². The number of rotatable bonds is 10. The van der Waals surface area contributed by atoms with Crippen LogP contribution in [0.4, 0.5) is 17.1 Å². The number of likely N-dealkylation sites (N-methyl/N-ethyl adjacent to an activating group) is 1. The Hall–Kier alpha value is -3.53. The maximum absolute atomic E-state index is 12.6.